The second kappa shape index (κ2) is 2.60. The molecule has 3 heteroatoms. The molecule has 2 nitrogen and oxygen atoms in total. The van der Waals surface area contributed by atoms with Crippen LogP contribution in [-0.4, -0.2) is 11.1 Å². The lowest BCUT2D eigenvalue weighted by molar-refractivity contribution is 0.0702. The van der Waals surface area contributed by atoms with Gasteiger partial charge in [0.25, 0.3) is 0 Å². The van der Waals surface area contributed by atoms with Gasteiger partial charge in [0, 0.05) is 16.2 Å². The first-order valence-corrected chi connectivity index (χ1v) is 4.23. The van der Waals surface area contributed by atoms with Gasteiger partial charge in [0.2, 0.25) is 0 Å². The van der Waals surface area contributed by atoms with Crippen molar-refractivity contribution >= 4 is 27.4 Å². The minimum atomic E-state index is -0.906. The summed E-state index contributed by atoms with van der Waals surface area (Å²) in [7, 11) is 0. The Morgan fingerprint density at radius 2 is 2.17 bits per heavy atom. The molecule has 0 aliphatic rings. The maximum absolute atomic E-state index is 10.5. The Kier molecular flexibility index (Phi) is 1.59. The molecular weight excluding hydrogens is 172 g/mol. The third kappa shape index (κ3) is 1.08. The van der Waals surface area contributed by atoms with Gasteiger partial charge in [0.15, 0.2) is 0 Å². The van der Waals surface area contributed by atoms with Crippen molar-refractivity contribution in [3.05, 3.63) is 35.2 Å². The van der Waals surface area contributed by atoms with E-state index in [4.69, 9.17) is 5.11 Å². The topological polar surface area (TPSA) is 37.3 Å². The van der Waals surface area contributed by atoms with E-state index < -0.39 is 5.97 Å². The molecule has 1 radical (unpaired) electrons. The monoisotopic (exact) mass is 177 g/mol. The standard InChI is InChI=1S/C9H5O2S/c10-9(11)8-5-6-3-1-2-4-7(6)12-8/h1-4H,(H,10,11). The third-order valence-corrected chi connectivity index (χ3v) is 2.60. The maximum Gasteiger partial charge on any atom is 0.346 e. The van der Waals surface area contributed by atoms with Gasteiger partial charge < -0.3 is 5.11 Å². The lowest BCUT2D eigenvalue weighted by Gasteiger charge is -1.81. The second-order valence-corrected chi connectivity index (χ2v) is 3.41. The van der Waals surface area contributed by atoms with Crippen molar-refractivity contribution in [1.82, 2.24) is 0 Å². The molecule has 2 rings (SSSR count). The van der Waals surface area contributed by atoms with Crippen molar-refractivity contribution in [2.24, 2.45) is 0 Å². The molecule has 0 saturated heterocycles. The Bertz CT molecular complexity index is 398. The highest BCUT2D eigenvalue weighted by Crippen LogP contribution is 2.24. The molecule has 0 aliphatic heterocycles. The number of carbonyl (C=O) groups is 1. The summed E-state index contributed by atoms with van der Waals surface area (Å²) in [4.78, 5) is 10.8. The minimum absolute atomic E-state index is 0.274. The smallest absolute Gasteiger partial charge is 0.346 e. The lowest BCUT2D eigenvalue weighted by Crippen LogP contribution is -1.89. The first kappa shape index (κ1) is 7.31. The predicted octanol–water partition coefficient (Wildman–Crippen LogP) is 2.40. The molecule has 2 aromatic rings. The van der Waals surface area contributed by atoms with Gasteiger partial charge in [0.1, 0.15) is 4.88 Å². The Morgan fingerprint density at radius 1 is 1.42 bits per heavy atom. The van der Waals surface area contributed by atoms with Gasteiger partial charge in [-0.05, 0) is 6.07 Å². The number of carboxylic acids is 1. The average molecular weight is 177 g/mol. The molecule has 59 valence electrons. The van der Waals surface area contributed by atoms with Gasteiger partial charge in [-0.25, -0.2) is 4.79 Å². The van der Waals surface area contributed by atoms with Gasteiger partial charge in [-0.2, -0.15) is 0 Å². The molecule has 0 spiro atoms. The highest BCUT2D eigenvalue weighted by molar-refractivity contribution is 7.20. The summed E-state index contributed by atoms with van der Waals surface area (Å²) >= 11 is 1.25. The SMILES string of the molecule is O=C(O)c1[c]c2ccccc2s1. The summed E-state index contributed by atoms with van der Waals surface area (Å²) < 4.78 is 0.968. The van der Waals surface area contributed by atoms with Crippen molar-refractivity contribution in [3.8, 4) is 0 Å². The van der Waals surface area contributed by atoms with Crippen LogP contribution in [0.15, 0.2) is 24.3 Å². The molecular formula is C9H5O2S. The van der Waals surface area contributed by atoms with Crippen LogP contribution >= 0.6 is 11.3 Å². The van der Waals surface area contributed by atoms with Crippen molar-refractivity contribution < 1.29 is 9.90 Å². The van der Waals surface area contributed by atoms with E-state index in [2.05, 4.69) is 6.07 Å². The second-order valence-electron chi connectivity index (χ2n) is 2.36. The van der Waals surface area contributed by atoms with Crippen molar-refractivity contribution in [2.45, 2.75) is 0 Å². The number of hydrogen-bond acceptors (Lipinski definition) is 2. The van der Waals surface area contributed by atoms with E-state index in [1.165, 1.54) is 11.3 Å². The molecule has 1 aromatic carbocycles. The average Bonchev–Trinajstić information content (AvgIpc) is 2.46. The lowest BCUT2D eigenvalue weighted by atomic mass is 10.2. The van der Waals surface area contributed by atoms with Crippen LogP contribution in [0.25, 0.3) is 10.1 Å². The van der Waals surface area contributed by atoms with E-state index in [0.29, 0.717) is 0 Å². The van der Waals surface area contributed by atoms with Crippen LogP contribution in [0.4, 0.5) is 0 Å². The number of thiophene rings is 1. The zero-order valence-electron chi connectivity index (χ0n) is 6.07. The highest BCUT2D eigenvalue weighted by Gasteiger charge is 2.07. The molecule has 1 N–H and O–H groups in total. The summed E-state index contributed by atoms with van der Waals surface area (Å²) in [6.07, 6.45) is 0. The summed E-state index contributed by atoms with van der Waals surface area (Å²) in [5.74, 6) is -0.906. The quantitative estimate of drug-likeness (QED) is 0.726. The fourth-order valence-electron chi connectivity index (χ4n) is 1.01. The molecule has 0 amide bonds. The molecule has 0 unspecified atom stereocenters. The van der Waals surface area contributed by atoms with E-state index in [9.17, 15) is 4.79 Å². The Labute approximate surface area is 73.1 Å². The fourth-order valence-corrected chi connectivity index (χ4v) is 1.86. The van der Waals surface area contributed by atoms with Crippen molar-refractivity contribution in [3.63, 3.8) is 0 Å². The number of aromatic carboxylic acids is 1. The van der Waals surface area contributed by atoms with Crippen LogP contribution < -0.4 is 0 Å². The van der Waals surface area contributed by atoms with Gasteiger partial charge in [0.05, 0.1) is 0 Å². The summed E-state index contributed by atoms with van der Waals surface area (Å²) in [6, 6.07) is 10.3. The van der Waals surface area contributed by atoms with E-state index in [1.807, 2.05) is 24.3 Å². The van der Waals surface area contributed by atoms with Gasteiger partial charge in [-0.1, -0.05) is 18.2 Å². The predicted molar refractivity (Wildman–Crippen MR) is 47.6 cm³/mol. The number of carboxylic acid groups (broad SMARTS) is 1. The van der Waals surface area contributed by atoms with Crippen LogP contribution in [0.2, 0.25) is 0 Å². The molecule has 0 aliphatic carbocycles. The molecule has 0 atom stereocenters. The Hall–Kier alpha value is -1.35. The molecule has 1 heterocycles. The van der Waals surface area contributed by atoms with Crippen LogP contribution in [0.5, 0.6) is 0 Å². The van der Waals surface area contributed by atoms with E-state index in [0.717, 1.165) is 10.1 Å². The largest absolute Gasteiger partial charge is 0.477 e. The third-order valence-electron chi connectivity index (χ3n) is 1.54. The van der Waals surface area contributed by atoms with Crippen LogP contribution in [0.1, 0.15) is 9.67 Å². The van der Waals surface area contributed by atoms with Crippen LogP contribution in [0.3, 0.4) is 0 Å². The summed E-state index contributed by atoms with van der Waals surface area (Å²) in [5.41, 5.74) is 0. The number of benzene rings is 1. The van der Waals surface area contributed by atoms with E-state index >= 15 is 0 Å². The number of rotatable bonds is 1. The zero-order valence-corrected chi connectivity index (χ0v) is 6.89. The Balaban J connectivity index is 2.70. The fraction of sp³-hybridized carbons (Fsp3) is 0. The van der Waals surface area contributed by atoms with Crippen LogP contribution in [0, 0.1) is 6.07 Å². The molecule has 0 fully saturated rings. The Morgan fingerprint density at radius 3 is 2.83 bits per heavy atom. The van der Waals surface area contributed by atoms with E-state index in [1.54, 1.807) is 0 Å². The molecule has 12 heavy (non-hydrogen) atoms. The van der Waals surface area contributed by atoms with Gasteiger partial charge in [-0.15, -0.1) is 11.3 Å². The first-order chi connectivity index (χ1) is 5.77. The zero-order chi connectivity index (χ0) is 8.55. The van der Waals surface area contributed by atoms with Gasteiger partial charge >= 0.3 is 5.97 Å². The minimum Gasteiger partial charge on any atom is -0.477 e. The van der Waals surface area contributed by atoms with Crippen LogP contribution in [-0.2, 0) is 0 Å². The van der Waals surface area contributed by atoms with Crippen molar-refractivity contribution in [1.29, 1.82) is 0 Å². The van der Waals surface area contributed by atoms with Gasteiger partial charge in [-0.3, -0.25) is 0 Å². The normalized spacial score (nSPS) is 10.3. The van der Waals surface area contributed by atoms with E-state index in [-0.39, 0.29) is 4.88 Å². The highest BCUT2D eigenvalue weighted by atomic mass is 32.1. The summed E-state index contributed by atoms with van der Waals surface area (Å²) in [5, 5.41) is 9.54. The molecule has 1 aromatic heterocycles. The molecule has 0 bridgehead atoms. The number of fused-ring (bicyclic) bond motifs is 1. The first-order valence-electron chi connectivity index (χ1n) is 3.41. The summed E-state index contributed by atoms with van der Waals surface area (Å²) in [6.45, 7) is 0. The maximum atomic E-state index is 10.5. The van der Waals surface area contributed by atoms with Crippen molar-refractivity contribution in [2.75, 3.05) is 0 Å². The molecule has 0 saturated carbocycles. The number of hydrogen-bond donors (Lipinski definition) is 1.